The van der Waals surface area contributed by atoms with Gasteiger partial charge in [-0.2, -0.15) is 0 Å². The molecule has 0 spiro atoms. The molecule has 0 radical (unpaired) electrons. The molecule has 7 heteroatoms. The van der Waals surface area contributed by atoms with Crippen molar-refractivity contribution in [2.24, 2.45) is 0 Å². The number of furan rings is 1. The molecule has 0 amide bonds. The minimum Gasteiger partial charge on any atom is -0.455 e. The van der Waals surface area contributed by atoms with Gasteiger partial charge in [0.25, 0.3) is 0 Å². The van der Waals surface area contributed by atoms with Crippen molar-refractivity contribution in [3.05, 3.63) is 40.8 Å². The van der Waals surface area contributed by atoms with Crippen LogP contribution in [0, 0.1) is 0 Å². The molecule has 5 rings (SSSR count). The standard InChI is InChI=1S/C18H10O7/c1-8(19)23-9-2-3-10-12(4-9)25-18(20)16-11-5-14-15(22-7-21-14)6-13(11)24-17(10)16/h2-6H,7H2,1H3. The van der Waals surface area contributed by atoms with Crippen molar-refractivity contribution in [1.82, 2.24) is 0 Å². The smallest absolute Gasteiger partial charge is 0.348 e. The summed E-state index contributed by atoms with van der Waals surface area (Å²) >= 11 is 0. The molecule has 0 saturated heterocycles. The lowest BCUT2D eigenvalue weighted by atomic mass is 10.1. The molecule has 0 atom stereocenters. The van der Waals surface area contributed by atoms with Gasteiger partial charge < -0.3 is 23.0 Å². The summed E-state index contributed by atoms with van der Waals surface area (Å²) in [4.78, 5) is 23.6. The molecular formula is C18H10O7. The highest BCUT2D eigenvalue weighted by Crippen LogP contribution is 2.40. The Morgan fingerprint density at radius 3 is 2.56 bits per heavy atom. The number of hydrogen-bond donors (Lipinski definition) is 0. The first-order valence-corrected chi connectivity index (χ1v) is 7.51. The normalized spacial score (nSPS) is 13.0. The lowest BCUT2D eigenvalue weighted by Crippen LogP contribution is -2.02. The summed E-state index contributed by atoms with van der Waals surface area (Å²) in [7, 11) is 0. The average Bonchev–Trinajstić information content (AvgIpc) is 3.15. The van der Waals surface area contributed by atoms with Crippen LogP contribution in [0.3, 0.4) is 0 Å². The van der Waals surface area contributed by atoms with Gasteiger partial charge in [-0.05, 0) is 18.2 Å². The third-order valence-corrected chi connectivity index (χ3v) is 4.05. The van der Waals surface area contributed by atoms with E-state index in [4.69, 9.17) is 23.0 Å². The Morgan fingerprint density at radius 1 is 1.00 bits per heavy atom. The maximum absolute atomic E-state index is 12.5. The molecule has 0 fully saturated rings. The predicted octanol–water partition coefficient (Wildman–Crippen LogP) is 3.35. The first-order chi connectivity index (χ1) is 12.1. The highest BCUT2D eigenvalue weighted by molar-refractivity contribution is 6.13. The number of fused-ring (bicyclic) bond motifs is 6. The minimum absolute atomic E-state index is 0.135. The third-order valence-electron chi connectivity index (χ3n) is 4.05. The Labute approximate surface area is 139 Å². The third kappa shape index (κ3) is 1.99. The molecule has 25 heavy (non-hydrogen) atoms. The predicted molar refractivity (Wildman–Crippen MR) is 87.2 cm³/mol. The van der Waals surface area contributed by atoms with Gasteiger partial charge in [0.2, 0.25) is 6.79 Å². The van der Waals surface area contributed by atoms with Gasteiger partial charge in [-0.1, -0.05) is 0 Å². The first kappa shape index (κ1) is 13.9. The second-order valence-corrected chi connectivity index (χ2v) is 5.65. The minimum atomic E-state index is -0.542. The van der Waals surface area contributed by atoms with E-state index in [0.29, 0.717) is 44.6 Å². The molecule has 3 heterocycles. The maximum Gasteiger partial charge on any atom is 0.348 e. The van der Waals surface area contributed by atoms with Crippen LogP contribution >= 0.6 is 0 Å². The van der Waals surface area contributed by atoms with Crippen LogP contribution < -0.4 is 19.8 Å². The van der Waals surface area contributed by atoms with Crippen LogP contribution in [0.1, 0.15) is 6.92 Å². The van der Waals surface area contributed by atoms with E-state index in [1.54, 1.807) is 24.3 Å². The van der Waals surface area contributed by atoms with Crippen molar-refractivity contribution in [3.8, 4) is 17.2 Å². The summed E-state index contributed by atoms with van der Waals surface area (Å²) in [5.41, 5.74) is 0.637. The second kappa shape index (κ2) is 4.76. The summed E-state index contributed by atoms with van der Waals surface area (Å²) in [5.74, 6) is 0.956. The summed E-state index contributed by atoms with van der Waals surface area (Å²) in [6.45, 7) is 1.43. The molecule has 0 unspecified atom stereocenters. The van der Waals surface area contributed by atoms with Crippen molar-refractivity contribution < 1.29 is 27.8 Å². The van der Waals surface area contributed by atoms with Crippen molar-refractivity contribution >= 4 is 38.9 Å². The molecule has 1 aliphatic heterocycles. The van der Waals surface area contributed by atoms with Gasteiger partial charge in [0, 0.05) is 24.4 Å². The molecular weight excluding hydrogens is 328 g/mol. The van der Waals surface area contributed by atoms with E-state index in [1.807, 2.05) is 0 Å². The van der Waals surface area contributed by atoms with E-state index in [-0.39, 0.29) is 12.4 Å². The second-order valence-electron chi connectivity index (χ2n) is 5.65. The zero-order valence-electron chi connectivity index (χ0n) is 13.0. The highest BCUT2D eigenvalue weighted by Gasteiger charge is 2.21. The summed E-state index contributed by atoms with van der Waals surface area (Å²) in [6, 6.07) is 8.18. The fourth-order valence-corrected chi connectivity index (χ4v) is 3.03. The number of hydrogen-bond acceptors (Lipinski definition) is 7. The van der Waals surface area contributed by atoms with Crippen LogP contribution in [0.4, 0.5) is 0 Å². The molecule has 0 saturated carbocycles. The zero-order chi connectivity index (χ0) is 17.1. The Hall–Kier alpha value is -3.48. The highest BCUT2D eigenvalue weighted by atomic mass is 16.7. The first-order valence-electron chi connectivity index (χ1n) is 7.51. The van der Waals surface area contributed by atoms with Crippen molar-refractivity contribution in [3.63, 3.8) is 0 Å². The Kier molecular flexibility index (Phi) is 2.65. The van der Waals surface area contributed by atoms with E-state index in [0.717, 1.165) is 0 Å². The fraction of sp³-hybridized carbons (Fsp3) is 0.111. The molecule has 7 nitrogen and oxygen atoms in total. The number of rotatable bonds is 1. The molecule has 2 aromatic heterocycles. The van der Waals surface area contributed by atoms with Gasteiger partial charge in [0.05, 0.1) is 5.39 Å². The van der Waals surface area contributed by atoms with Gasteiger partial charge in [0.15, 0.2) is 17.1 Å². The van der Waals surface area contributed by atoms with Crippen molar-refractivity contribution in [2.45, 2.75) is 6.92 Å². The van der Waals surface area contributed by atoms with E-state index in [2.05, 4.69) is 0 Å². The summed E-state index contributed by atoms with van der Waals surface area (Å²) < 4.78 is 27.0. The lowest BCUT2D eigenvalue weighted by molar-refractivity contribution is -0.131. The SMILES string of the molecule is CC(=O)Oc1ccc2c(c1)oc(=O)c1c3cc4c(cc3oc21)OCO4. The Bertz CT molecular complexity index is 1250. The lowest BCUT2D eigenvalue weighted by Gasteiger charge is -2.02. The van der Waals surface area contributed by atoms with Crippen LogP contribution in [-0.2, 0) is 4.79 Å². The number of ether oxygens (including phenoxy) is 3. The molecule has 2 aromatic carbocycles. The van der Waals surface area contributed by atoms with E-state index in [1.165, 1.54) is 13.0 Å². The summed E-state index contributed by atoms with van der Waals surface area (Å²) in [5, 5.41) is 1.53. The molecule has 124 valence electrons. The largest absolute Gasteiger partial charge is 0.455 e. The van der Waals surface area contributed by atoms with Gasteiger partial charge in [-0.3, -0.25) is 4.79 Å². The Morgan fingerprint density at radius 2 is 1.76 bits per heavy atom. The van der Waals surface area contributed by atoms with Crippen LogP contribution in [-0.4, -0.2) is 12.8 Å². The average molecular weight is 338 g/mol. The molecule has 0 bridgehead atoms. The zero-order valence-corrected chi connectivity index (χ0v) is 13.0. The fourth-order valence-electron chi connectivity index (χ4n) is 3.03. The van der Waals surface area contributed by atoms with Gasteiger partial charge in [-0.25, -0.2) is 4.79 Å². The van der Waals surface area contributed by atoms with Crippen LogP contribution in [0.15, 0.2) is 44.0 Å². The number of carbonyl (C=O) groups excluding carboxylic acids is 1. The van der Waals surface area contributed by atoms with Gasteiger partial charge >= 0.3 is 11.6 Å². The number of benzene rings is 2. The van der Waals surface area contributed by atoms with Crippen molar-refractivity contribution in [1.29, 1.82) is 0 Å². The quantitative estimate of drug-likeness (QED) is 0.299. The van der Waals surface area contributed by atoms with Crippen molar-refractivity contribution in [2.75, 3.05) is 6.79 Å². The van der Waals surface area contributed by atoms with Crippen LogP contribution in [0.2, 0.25) is 0 Å². The van der Waals surface area contributed by atoms with Crippen LogP contribution in [0.5, 0.6) is 17.2 Å². The van der Waals surface area contributed by atoms with Gasteiger partial charge in [0.1, 0.15) is 22.3 Å². The topological polar surface area (TPSA) is 88.1 Å². The van der Waals surface area contributed by atoms with Crippen LogP contribution in [0.25, 0.3) is 32.9 Å². The van der Waals surface area contributed by atoms with Gasteiger partial charge in [-0.15, -0.1) is 0 Å². The monoisotopic (exact) mass is 338 g/mol. The molecule has 4 aromatic rings. The Balaban J connectivity index is 1.85. The van der Waals surface area contributed by atoms with E-state index < -0.39 is 11.6 Å². The van der Waals surface area contributed by atoms with E-state index in [9.17, 15) is 9.59 Å². The number of carbonyl (C=O) groups is 1. The number of esters is 1. The molecule has 1 aliphatic rings. The molecule has 0 N–H and O–H groups in total. The summed E-state index contributed by atoms with van der Waals surface area (Å²) in [6.07, 6.45) is 0. The molecule has 0 aliphatic carbocycles. The maximum atomic E-state index is 12.5. The van der Waals surface area contributed by atoms with E-state index >= 15 is 0 Å².